The average Bonchev–Trinajstić information content (AvgIpc) is 2.66. The number of aryl methyl sites for hydroxylation is 1. The van der Waals surface area contributed by atoms with Gasteiger partial charge in [0.05, 0.1) is 0 Å². The topological polar surface area (TPSA) is 76.7 Å². The molecule has 0 aliphatic carbocycles. The standard InChI is InChI=1S/C11H14N4OS/c1-3-15-10(16)13-14-11(15)17-8-6-4-5-7(2)9(8)12/h4-6H,3,12H2,1-2H3,(H,13,16). The van der Waals surface area contributed by atoms with Crippen molar-refractivity contribution in [3.63, 3.8) is 0 Å². The first-order valence-electron chi connectivity index (χ1n) is 5.31. The van der Waals surface area contributed by atoms with Crippen LogP contribution in [0.4, 0.5) is 5.69 Å². The van der Waals surface area contributed by atoms with Crippen molar-refractivity contribution in [3.8, 4) is 0 Å². The highest BCUT2D eigenvalue weighted by molar-refractivity contribution is 7.99. The maximum Gasteiger partial charge on any atom is 0.343 e. The lowest BCUT2D eigenvalue weighted by Crippen LogP contribution is -2.16. The molecule has 0 unspecified atom stereocenters. The maximum atomic E-state index is 11.4. The third kappa shape index (κ3) is 2.21. The number of aromatic nitrogens is 3. The summed E-state index contributed by atoms with van der Waals surface area (Å²) in [6, 6.07) is 5.82. The van der Waals surface area contributed by atoms with Crippen LogP contribution in [0.25, 0.3) is 0 Å². The number of nitrogens with one attached hydrogen (secondary N) is 1. The molecule has 3 N–H and O–H groups in total. The zero-order valence-corrected chi connectivity index (χ0v) is 10.5. The molecule has 90 valence electrons. The fraction of sp³-hybridized carbons (Fsp3) is 0.273. The smallest absolute Gasteiger partial charge is 0.343 e. The van der Waals surface area contributed by atoms with Crippen molar-refractivity contribution in [1.82, 2.24) is 14.8 Å². The van der Waals surface area contributed by atoms with Crippen LogP contribution in [0, 0.1) is 6.92 Å². The van der Waals surface area contributed by atoms with E-state index in [1.165, 1.54) is 11.8 Å². The quantitative estimate of drug-likeness (QED) is 0.812. The number of hydrogen-bond donors (Lipinski definition) is 2. The summed E-state index contributed by atoms with van der Waals surface area (Å²) in [6.45, 7) is 4.45. The van der Waals surface area contributed by atoms with Crippen LogP contribution < -0.4 is 11.4 Å². The molecule has 1 aromatic carbocycles. The molecule has 2 aromatic rings. The number of H-pyrrole nitrogens is 1. The lowest BCUT2D eigenvalue weighted by molar-refractivity contribution is 0.660. The van der Waals surface area contributed by atoms with Crippen LogP contribution in [-0.2, 0) is 6.54 Å². The normalized spacial score (nSPS) is 10.7. The Bertz CT molecular complexity index is 587. The SMILES string of the molecule is CCn1c(Sc2cccc(C)c2N)n[nH]c1=O. The number of nitrogens with zero attached hydrogens (tertiary/aromatic N) is 2. The van der Waals surface area contributed by atoms with Gasteiger partial charge in [-0.25, -0.2) is 9.89 Å². The van der Waals surface area contributed by atoms with E-state index in [1.54, 1.807) is 4.57 Å². The zero-order chi connectivity index (χ0) is 12.4. The highest BCUT2D eigenvalue weighted by atomic mass is 32.2. The number of anilines is 1. The fourth-order valence-electron chi connectivity index (χ4n) is 1.50. The van der Waals surface area contributed by atoms with E-state index >= 15 is 0 Å². The van der Waals surface area contributed by atoms with E-state index in [1.807, 2.05) is 32.0 Å². The number of nitrogens with two attached hydrogens (primary N) is 1. The van der Waals surface area contributed by atoms with Gasteiger partial charge < -0.3 is 5.73 Å². The lowest BCUT2D eigenvalue weighted by atomic mass is 10.2. The Morgan fingerprint density at radius 2 is 2.29 bits per heavy atom. The van der Waals surface area contributed by atoms with Crippen LogP contribution in [0.2, 0.25) is 0 Å². The second-order valence-electron chi connectivity index (χ2n) is 3.64. The number of hydrogen-bond acceptors (Lipinski definition) is 4. The van der Waals surface area contributed by atoms with E-state index in [4.69, 9.17) is 5.73 Å². The largest absolute Gasteiger partial charge is 0.398 e. The van der Waals surface area contributed by atoms with Crippen molar-refractivity contribution < 1.29 is 0 Å². The van der Waals surface area contributed by atoms with Gasteiger partial charge in [-0.3, -0.25) is 4.57 Å². The summed E-state index contributed by atoms with van der Waals surface area (Å²) in [5, 5.41) is 7.06. The molecule has 0 radical (unpaired) electrons. The predicted molar refractivity (Wildman–Crippen MR) is 68.2 cm³/mol. The molecule has 1 aromatic heterocycles. The van der Waals surface area contributed by atoms with Gasteiger partial charge in [-0.1, -0.05) is 12.1 Å². The fourth-order valence-corrected chi connectivity index (χ4v) is 2.53. The van der Waals surface area contributed by atoms with E-state index in [0.717, 1.165) is 16.1 Å². The minimum absolute atomic E-state index is 0.193. The van der Waals surface area contributed by atoms with Crippen LogP contribution in [0.5, 0.6) is 0 Å². The van der Waals surface area contributed by atoms with Crippen LogP contribution in [0.3, 0.4) is 0 Å². The zero-order valence-electron chi connectivity index (χ0n) is 9.73. The van der Waals surface area contributed by atoms with Gasteiger partial charge in [-0.2, -0.15) is 0 Å². The van der Waals surface area contributed by atoms with Crippen LogP contribution >= 0.6 is 11.8 Å². The maximum absolute atomic E-state index is 11.4. The number of rotatable bonds is 3. The minimum Gasteiger partial charge on any atom is -0.398 e. The van der Waals surface area contributed by atoms with Gasteiger partial charge in [0, 0.05) is 17.1 Å². The second kappa shape index (κ2) is 4.67. The Morgan fingerprint density at radius 3 is 3.00 bits per heavy atom. The molecule has 17 heavy (non-hydrogen) atoms. The Balaban J connectivity index is 2.38. The average molecular weight is 250 g/mol. The number of benzene rings is 1. The van der Waals surface area contributed by atoms with Gasteiger partial charge in [0.25, 0.3) is 0 Å². The molecule has 0 fully saturated rings. The lowest BCUT2D eigenvalue weighted by Gasteiger charge is -2.07. The number of aromatic amines is 1. The molecule has 0 aliphatic rings. The predicted octanol–water partition coefficient (Wildman–Crippen LogP) is 1.63. The van der Waals surface area contributed by atoms with Crippen LogP contribution in [-0.4, -0.2) is 14.8 Å². The first-order chi connectivity index (χ1) is 8.13. The molecule has 0 amide bonds. The summed E-state index contributed by atoms with van der Waals surface area (Å²) < 4.78 is 1.58. The highest BCUT2D eigenvalue weighted by Gasteiger charge is 2.10. The molecule has 0 spiro atoms. The Morgan fingerprint density at radius 1 is 1.53 bits per heavy atom. The summed E-state index contributed by atoms with van der Waals surface area (Å²) in [4.78, 5) is 12.3. The van der Waals surface area contributed by atoms with Gasteiger partial charge in [-0.15, -0.1) is 5.10 Å². The van der Waals surface area contributed by atoms with E-state index in [9.17, 15) is 4.79 Å². The third-order valence-electron chi connectivity index (χ3n) is 2.52. The van der Waals surface area contributed by atoms with Gasteiger partial charge >= 0.3 is 5.69 Å². The molecule has 0 bridgehead atoms. The molecule has 0 saturated heterocycles. The summed E-state index contributed by atoms with van der Waals surface area (Å²) in [5.74, 6) is 0. The summed E-state index contributed by atoms with van der Waals surface area (Å²) in [6.07, 6.45) is 0. The van der Waals surface area contributed by atoms with E-state index < -0.39 is 0 Å². The van der Waals surface area contributed by atoms with Crippen LogP contribution in [0.15, 0.2) is 33.0 Å². The number of para-hydroxylation sites is 1. The Labute approximate surface area is 103 Å². The highest BCUT2D eigenvalue weighted by Crippen LogP contribution is 2.31. The molecule has 5 nitrogen and oxygen atoms in total. The van der Waals surface area contributed by atoms with Gasteiger partial charge in [0.15, 0.2) is 5.16 Å². The molecule has 0 atom stereocenters. The minimum atomic E-state index is -0.193. The molecule has 6 heteroatoms. The number of nitrogen functional groups attached to an aromatic ring is 1. The van der Waals surface area contributed by atoms with Gasteiger partial charge in [0.1, 0.15) is 0 Å². The van der Waals surface area contributed by atoms with Crippen molar-refractivity contribution in [2.24, 2.45) is 0 Å². The summed E-state index contributed by atoms with van der Waals surface area (Å²) >= 11 is 1.40. The summed E-state index contributed by atoms with van der Waals surface area (Å²) in [7, 11) is 0. The molecular formula is C11H14N4OS. The van der Waals surface area contributed by atoms with Crippen molar-refractivity contribution in [1.29, 1.82) is 0 Å². The van der Waals surface area contributed by atoms with Crippen molar-refractivity contribution in [3.05, 3.63) is 34.2 Å². The monoisotopic (exact) mass is 250 g/mol. The summed E-state index contributed by atoms with van der Waals surface area (Å²) in [5.41, 5.74) is 7.55. The van der Waals surface area contributed by atoms with Gasteiger partial charge in [0.2, 0.25) is 0 Å². The van der Waals surface area contributed by atoms with Crippen molar-refractivity contribution in [2.75, 3.05) is 5.73 Å². The molecule has 0 saturated carbocycles. The van der Waals surface area contributed by atoms with Crippen molar-refractivity contribution in [2.45, 2.75) is 30.4 Å². The first-order valence-corrected chi connectivity index (χ1v) is 6.13. The van der Waals surface area contributed by atoms with E-state index in [2.05, 4.69) is 10.2 Å². The molecular weight excluding hydrogens is 236 g/mol. The van der Waals surface area contributed by atoms with Crippen molar-refractivity contribution >= 4 is 17.4 Å². The molecule has 1 heterocycles. The van der Waals surface area contributed by atoms with Gasteiger partial charge in [-0.05, 0) is 37.2 Å². The first kappa shape index (κ1) is 11.8. The molecule has 0 aliphatic heterocycles. The van der Waals surface area contributed by atoms with E-state index in [0.29, 0.717) is 11.7 Å². The second-order valence-corrected chi connectivity index (χ2v) is 4.65. The molecule has 2 rings (SSSR count). The van der Waals surface area contributed by atoms with E-state index in [-0.39, 0.29) is 5.69 Å². The Hall–Kier alpha value is -1.69. The third-order valence-corrected chi connectivity index (χ3v) is 3.59. The van der Waals surface area contributed by atoms with Crippen LogP contribution in [0.1, 0.15) is 12.5 Å². The Kier molecular flexibility index (Phi) is 3.23.